The summed E-state index contributed by atoms with van der Waals surface area (Å²) in [6, 6.07) is 7.86. The summed E-state index contributed by atoms with van der Waals surface area (Å²) in [5, 5.41) is 0. The highest BCUT2D eigenvalue weighted by Crippen LogP contribution is 2.16. The Labute approximate surface area is 85.6 Å². The molecule has 2 nitrogen and oxygen atoms in total. The summed E-state index contributed by atoms with van der Waals surface area (Å²) >= 11 is 0. The third-order valence-corrected chi connectivity index (χ3v) is 1.73. The lowest BCUT2D eigenvalue weighted by molar-refractivity contribution is 0.414. The van der Waals surface area contributed by atoms with E-state index in [0.717, 1.165) is 11.3 Å². The number of ether oxygens (including phenoxy) is 1. The average molecular weight is 191 g/mol. The molecule has 0 bridgehead atoms. The van der Waals surface area contributed by atoms with Crippen LogP contribution in [-0.4, -0.2) is 18.9 Å². The molecule has 14 heavy (non-hydrogen) atoms. The predicted octanol–water partition coefficient (Wildman–Crippen LogP) is 2.91. The van der Waals surface area contributed by atoms with Gasteiger partial charge in [-0.25, -0.2) is 0 Å². The maximum Gasteiger partial charge on any atom is 0.127 e. The van der Waals surface area contributed by atoms with Gasteiger partial charge in [0.2, 0.25) is 0 Å². The molecule has 0 aliphatic carbocycles. The molecule has 0 unspecified atom stereocenters. The molecule has 0 aromatic heterocycles. The van der Waals surface area contributed by atoms with E-state index in [2.05, 4.69) is 25.8 Å². The smallest absolute Gasteiger partial charge is 0.127 e. The average Bonchev–Trinajstić information content (AvgIpc) is 2.14. The third-order valence-electron chi connectivity index (χ3n) is 1.73. The highest BCUT2D eigenvalue weighted by Gasteiger charge is 2.05. The van der Waals surface area contributed by atoms with Crippen LogP contribution in [0.4, 0.5) is 0 Å². The topological polar surface area (TPSA) is 21.6 Å². The molecule has 76 valence electrons. The summed E-state index contributed by atoms with van der Waals surface area (Å²) in [5.41, 5.74) is 0.978. The molecule has 0 saturated carbocycles. The van der Waals surface area contributed by atoms with Gasteiger partial charge in [0.1, 0.15) is 5.75 Å². The SMILES string of the molecule is COc1ccccc1C=NC(C)(C)C. The fraction of sp³-hybridized carbons (Fsp3) is 0.417. The molecule has 0 N–H and O–H groups in total. The van der Waals surface area contributed by atoms with E-state index >= 15 is 0 Å². The van der Waals surface area contributed by atoms with Crippen molar-refractivity contribution in [2.75, 3.05) is 7.11 Å². The zero-order valence-electron chi connectivity index (χ0n) is 9.24. The normalized spacial score (nSPS) is 12.0. The van der Waals surface area contributed by atoms with Gasteiger partial charge in [0.15, 0.2) is 0 Å². The number of hydrogen-bond donors (Lipinski definition) is 0. The van der Waals surface area contributed by atoms with Crippen LogP contribution in [0.15, 0.2) is 29.3 Å². The Morgan fingerprint density at radius 1 is 1.21 bits per heavy atom. The van der Waals surface area contributed by atoms with Crippen molar-refractivity contribution in [2.24, 2.45) is 4.99 Å². The van der Waals surface area contributed by atoms with E-state index < -0.39 is 0 Å². The van der Waals surface area contributed by atoms with Gasteiger partial charge in [0.25, 0.3) is 0 Å². The van der Waals surface area contributed by atoms with Gasteiger partial charge in [-0.05, 0) is 32.9 Å². The fourth-order valence-corrected chi connectivity index (χ4v) is 1.04. The van der Waals surface area contributed by atoms with Gasteiger partial charge in [-0.15, -0.1) is 0 Å². The molecule has 1 aromatic carbocycles. The van der Waals surface area contributed by atoms with Crippen molar-refractivity contribution in [2.45, 2.75) is 26.3 Å². The third kappa shape index (κ3) is 3.21. The molecule has 2 heteroatoms. The monoisotopic (exact) mass is 191 g/mol. The van der Waals surface area contributed by atoms with E-state index in [1.54, 1.807) is 7.11 Å². The molecule has 1 aromatic rings. The van der Waals surface area contributed by atoms with Crippen LogP contribution in [0.2, 0.25) is 0 Å². The standard InChI is InChI=1S/C12H17NO/c1-12(2,3)13-9-10-7-5-6-8-11(10)14-4/h5-9H,1-4H3. The zero-order valence-corrected chi connectivity index (χ0v) is 9.24. The Morgan fingerprint density at radius 2 is 1.86 bits per heavy atom. The van der Waals surface area contributed by atoms with Crippen molar-refractivity contribution in [3.8, 4) is 5.75 Å². The van der Waals surface area contributed by atoms with Crippen LogP contribution >= 0.6 is 0 Å². The van der Waals surface area contributed by atoms with Gasteiger partial charge in [0, 0.05) is 11.8 Å². The van der Waals surface area contributed by atoms with Gasteiger partial charge >= 0.3 is 0 Å². The summed E-state index contributed by atoms with van der Waals surface area (Å²) in [5.74, 6) is 0.862. The first-order chi connectivity index (χ1) is 6.53. The lowest BCUT2D eigenvalue weighted by atomic mass is 10.1. The number of hydrogen-bond acceptors (Lipinski definition) is 2. The van der Waals surface area contributed by atoms with Crippen LogP contribution < -0.4 is 4.74 Å². The van der Waals surface area contributed by atoms with Gasteiger partial charge < -0.3 is 4.74 Å². The van der Waals surface area contributed by atoms with E-state index in [0.29, 0.717) is 0 Å². The number of rotatable bonds is 2. The number of aliphatic imine (C=N–C) groups is 1. The molecule has 1 rings (SSSR count). The summed E-state index contributed by atoms with van der Waals surface area (Å²) in [7, 11) is 1.67. The quantitative estimate of drug-likeness (QED) is 0.659. The molecule has 0 aliphatic rings. The van der Waals surface area contributed by atoms with Crippen molar-refractivity contribution in [1.82, 2.24) is 0 Å². The number of nitrogens with zero attached hydrogens (tertiary/aromatic N) is 1. The minimum Gasteiger partial charge on any atom is -0.496 e. The first-order valence-corrected chi connectivity index (χ1v) is 4.71. The molecular formula is C12H17NO. The molecule has 0 spiro atoms. The van der Waals surface area contributed by atoms with Crippen LogP contribution in [0.1, 0.15) is 26.3 Å². The number of methoxy groups -OCH3 is 1. The second-order valence-electron chi connectivity index (χ2n) is 4.17. The minimum absolute atomic E-state index is 0.0408. The summed E-state index contributed by atoms with van der Waals surface area (Å²) in [6.45, 7) is 6.21. The number of para-hydroxylation sites is 1. The molecule has 0 aliphatic heterocycles. The summed E-state index contributed by atoms with van der Waals surface area (Å²) in [6.07, 6.45) is 1.86. The first-order valence-electron chi connectivity index (χ1n) is 4.71. The van der Waals surface area contributed by atoms with E-state index in [-0.39, 0.29) is 5.54 Å². The van der Waals surface area contributed by atoms with Crippen LogP contribution in [0.3, 0.4) is 0 Å². The highest BCUT2D eigenvalue weighted by atomic mass is 16.5. The van der Waals surface area contributed by atoms with E-state index in [1.165, 1.54) is 0 Å². The molecule has 0 heterocycles. The van der Waals surface area contributed by atoms with Crippen molar-refractivity contribution < 1.29 is 4.74 Å². The van der Waals surface area contributed by atoms with Crippen molar-refractivity contribution in [1.29, 1.82) is 0 Å². The first kappa shape index (κ1) is 10.8. The summed E-state index contributed by atoms with van der Waals surface area (Å²) in [4.78, 5) is 4.43. The summed E-state index contributed by atoms with van der Waals surface area (Å²) < 4.78 is 5.22. The lowest BCUT2D eigenvalue weighted by Crippen LogP contribution is -2.09. The van der Waals surface area contributed by atoms with Crippen molar-refractivity contribution in [3.05, 3.63) is 29.8 Å². The zero-order chi connectivity index (χ0) is 10.6. The minimum atomic E-state index is -0.0408. The molecular weight excluding hydrogens is 174 g/mol. The Hall–Kier alpha value is -1.31. The molecule has 0 atom stereocenters. The van der Waals surface area contributed by atoms with Crippen LogP contribution in [0.5, 0.6) is 5.75 Å². The number of benzene rings is 1. The molecule has 0 amide bonds. The Morgan fingerprint density at radius 3 is 2.43 bits per heavy atom. The Bertz CT molecular complexity index is 323. The van der Waals surface area contributed by atoms with Crippen LogP contribution in [0.25, 0.3) is 0 Å². The maximum atomic E-state index is 5.22. The Kier molecular flexibility index (Phi) is 3.28. The van der Waals surface area contributed by atoms with Crippen molar-refractivity contribution in [3.63, 3.8) is 0 Å². The van der Waals surface area contributed by atoms with Gasteiger partial charge in [-0.3, -0.25) is 4.99 Å². The lowest BCUT2D eigenvalue weighted by Gasteiger charge is -2.11. The van der Waals surface area contributed by atoms with Crippen LogP contribution in [0, 0.1) is 0 Å². The second kappa shape index (κ2) is 4.27. The van der Waals surface area contributed by atoms with Gasteiger partial charge in [-0.2, -0.15) is 0 Å². The second-order valence-corrected chi connectivity index (χ2v) is 4.17. The molecule has 0 fully saturated rings. The predicted molar refractivity (Wildman–Crippen MR) is 60.3 cm³/mol. The largest absolute Gasteiger partial charge is 0.496 e. The van der Waals surface area contributed by atoms with Gasteiger partial charge in [-0.1, -0.05) is 12.1 Å². The highest BCUT2D eigenvalue weighted by molar-refractivity contribution is 5.83. The fourth-order valence-electron chi connectivity index (χ4n) is 1.04. The Balaban J connectivity index is 2.91. The van der Waals surface area contributed by atoms with E-state index in [9.17, 15) is 0 Å². The maximum absolute atomic E-state index is 5.22. The van der Waals surface area contributed by atoms with Gasteiger partial charge in [0.05, 0.1) is 12.6 Å². The molecule has 0 radical (unpaired) electrons. The molecule has 0 saturated heterocycles. The van der Waals surface area contributed by atoms with Crippen molar-refractivity contribution >= 4 is 6.21 Å². The van der Waals surface area contributed by atoms with E-state index in [4.69, 9.17) is 4.74 Å². The van der Waals surface area contributed by atoms with E-state index in [1.807, 2.05) is 30.5 Å². The van der Waals surface area contributed by atoms with Crippen LogP contribution in [-0.2, 0) is 0 Å².